The molecule has 0 spiro atoms. The number of nitrogens with zero attached hydrogens (tertiary/aromatic N) is 7. The van der Waals surface area contributed by atoms with Crippen molar-refractivity contribution in [1.82, 2.24) is 24.8 Å². The lowest BCUT2D eigenvalue weighted by molar-refractivity contribution is -0.113. The van der Waals surface area contributed by atoms with Crippen LogP contribution in [0.1, 0.15) is 48.0 Å². The van der Waals surface area contributed by atoms with Gasteiger partial charge in [-0.2, -0.15) is 9.97 Å². The van der Waals surface area contributed by atoms with E-state index in [-0.39, 0.29) is 75.4 Å². The number of fused-ring (bicyclic) bond motifs is 5. The zero-order valence-corrected chi connectivity index (χ0v) is 31.8. The summed E-state index contributed by atoms with van der Waals surface area (Å²) in [6.07, 6.45) is 10.8. The minimum Gasteiger partial charge on any atom is -0.508 e. The van der Waals surface area contributed by atoms with Crippen molar-refractivity contribution in [3.05, 3.63) is 90.1 Å². The van der Waals surface area contributed by atoms with Crippen LogP contribution in [0.2, 0.25) is 0 Å². The van der Waals surface area contributed by atoms with E-state index in [0.29, 0.717) is 48.5 Å². The maximum Gasteiger partial charge on any atom is 0.319 e. The van der Waals surface area contributed by atoms with Crippen molar-refractivity contribution in [3.8, 4) is 35.4 Å². The number of benzene rings is 3. The summed E-state index contributed by atoms with van der Waals surface area (Å²) in [4.78, 5) is 47.8. The number of likely N-dealkylation sites (N-methyl/N-ethyl adjacent to an activating group) is 1. The molecule has 58 heavy (non-hydrogen) atoms. The molecular formula is C44H40F3N7O4. The number of phenolic OH excluding ortho intramolecular Hbond substituents is 1. The Bertz CT molecular complexity index is 2570. The molecule has 0 saturated carbocycles. The summed E-state index contributed by atoms with van der Waals surface area (Å²) in [5, 5.41) is 11.6. The Morgan fingerprint density at radius 2 is 1.91 bits per heavy atom. The largest absolute Gasteiger partial charge is 0.508 e. The third-order valence-electron chi connectivity index (χ3n) is 12.3. The molecule has 4 fully saturated rings. The Morgan fingerprint density at radius 1 is 1.12 bits per heavy atom. The number of hydrogen-bond acceptors (Lipinski definition) is 9. The molecule has 5 aromatic rings. The first-order valence-electron chi connectivity index (χ1n) is 19.4. The number of terminal acetylenes is 1. The molecule has 4 saturated heterocycles. The molecule has 2 amide bonds. The number of carbonyl (C=O) groups is 2. The second-order valence-electron chi connectivity index (χ2n) is 15.7. The smallest absolute Gasteiger partial charge is 0.319 e. The minimum absolute atomic E-state index is 0.0826. The number of anilines is 2. The lowest BCUT2D eigenvalue weighted by Crippen LogP contribution is -2.56. The Balaban J connectivity index is 1.11. The lowest BCUT2D eigenvalue weighted by Gasteiger charge is -2.42. The third kappa shape index (κ3) is 6.16. The number of ether oxygens (including phenoxy) is 1. The van der Waals surface area contributed by atoms with Crippen LogP contribution < -0.4 is 14.5 Å². The van der Waals surface area contributed by atoms with Crippen molar-refractivity contribution < 1.29 is 32.6 Å². The van der Waals surface area contributed by atoms with Gasteiger partial charge in [-0.15, -0.1) is 6.42 Å². The Morgan fingerprint density at radius 3 is 2.67 bits per heavy atom. The van der Waals surface area contributed by atoms with E-state index in [1.165, 1.54) is 41.4 Å². The fraction of sp³-hybridized carbons (Fsp3) is 0.341. The van der Waals surface area contributed by atoms with E-state index in [9.17, 15) is 19.1 Å². The number of amides is 2. The SMILES string of the molecule is C#Cc1c(F)ccc2cc(O)cc(-c3ncc4c(N5CC6CCC(C5)N6C(=O)c5cccc(N(C)C(=O)C=C)c5)nc(OC[C@@]56CCCN5C[C@H](F)C6)nc4c3F)c12. The first-order valence-corrected chi connectivity index (χ1v) is 19.4. The molecule has 14 heteroatoms. The zero-order valence-electron chi connectivity index (χ0n) is 31.8. The van der Waals surface area contributed by atoms with E-state index < -0.39 is 23.3 Å². The second-order valence-corrected chi connectivity index (χ2v) is 15.7. The van der Waals surface area contributed by atoms with Crippen LogP contribution in [0.5, 0.6) is 11.8 Å². The van der Waals surface area contributed by atoms with Gasteiger partial charge in [-0.3, -0.25) is 19.5 Å². The van der Waals surface area contributed by atoms with E-state index in [1.807, 2.05) is 9.80 Å². The highest BCUT2D eigenvalue weighted by atomic mass is 19.1. The second kappa shape index (κ2) is 14.3. The fourth-order valence-electron chi connectivity index (χ4n) is 9.58. The third-order valence-corrected chi connectivity index (χ3v) is 12.3. The predicted molar refractivity (Wildman–Crippen MR) is 214 cm³/mol. The summed E-state index contributed by atoms with van der Waals surface area (Å²) in [5.41, 5.74) is 0.151. The van der Waals surface area contributed by atoms with Gasteiger partial charge < -0.3 is 24.5 Å². The maximum atomic E-state index is 17.2. The summed E-state index contributed by atoms with van der Waals surface area (Å²) in [7, 11) is 1.62. The van der Waals surface area contributed by atoms with E-state index in [0.717, 1.165) is 32.2 Å². The number of halogens is 3. The van der Waals surface area contributed by atoms with Crippen LogP contribution in [0, 0.1) is 24.0 Å². The standard InChI is InChI=1S/C44H40F3N7O4/c1-4-32-35(46)13-10-25-17-31(55)18-33(37(25)32)39-38(47)40-34(20-48-39)41(50-43(49-40)58-24-44-14-7-15-53(44)21-27(45)19-44)52-22-29-11-12-30(23-52)54(29)42(57)26-8-6-9-28(16-26)51(3)36(56)5-2/h1,5-6,8-10,13,16-18,20,27,29-30,55H,2,7,11-12,14-15,19,21-24H2,3H3/t27-,29?,30?,44+/m1/s1. The van der Waals surface area contributed by atoms with Crippen molar-refractivity contribution in [2.45, 2.75) is 55.9 Å². The van der Waals surface area contributed by atoms with Gasteiger partial charge in [0.15, 0.2) is 5.82 Å². The number of aromatic hydroxyl groups is 1. The Hall–Kier alpha value is -6.20. The fourth-order valence-corrected chi connectivity index (χ4v) is 9.58. The maximum absolute atomic E-state index is 17.2. The number of hydrogen-bond donors (Lipinski definition) is 1. The van der Waals surface area contributed by atoms with E-state index in [4.69, 9.17) is 16.1 Å². The van der Waals surface area contributed by atoms with Crippen LogP contribution in [-0.4, -0.2) is 105 Å². The molecule has 296 valence electrons. The lowest BCUT2D eigenvalue weighted by atomic mass is 9.95. The number of alkyl halides is 1. The van der Waals surface area contributed by atoms with Gasteiger partial charge in [-0.05, 0) is 80.1 Å². The number of carbonyl (C=O) groups excluding carboxylic acids is 2. The van der Waals surface area contributed by atoms with Gasteiger partial charge >= 0.3 is 6.01 Å². The van der Waals surface area contributed by atoms with Crippen molar-refractivity contribution in [2.24, 2.45) is 0 Å². The molecule has 6 heterocycles. The summed E-state index contributed by atoms with van der Waals surface area (Å²) in [6, 6.07) is 11.7. The van der Waals surface area contributed by atoms with Gasteiger partial charge in [0.25, 0.3) is 5.91 Å². The molecule has 4 aliphatic rings. The highest BCUT2D eigenvalue weighted by Gasteiger charge is 2.50. The molecule has 0 radical (unpaired) electrons. The molecule has 2 aromatic heterocycles. The van der Waals surface area contributed by atoms with E-state index >= 15 is 8.78 Å². The number of pyridine rings is 1. The van der Waals surface area contributed by atoms with Crippen LogP contribution in [0.4, 0.5) is 24.7 Å². The Kier molecular flexibility index (Phi) is 9.23. The molecule has 11 nitrogen and oxygen atoms in total. The topological polar surface area (TPSA) is 115 Å². The number of aromatic nitrogens is 3. The predicted octanol–water partition coefficient (Wildman–Crippen LogP) is 6.41. The van der Waals surface area contributed by atoms with Gasteiger partial charge in [0.05, 0.1) is 28.6 Å². The van der Waals surface area contributed by atoms with Crippen LogP contribution in [-0.2, 0) is 4.79 Å². The molecule has 4 atom stereocenters. The molecule has 2 bridgehead atoms. The van der Waals surface area contributed by atoms with Crippen LogP contribution in [0.15, 0.2) is 67.4 Å². The van der Waals surface area contributed by atoms with Crippen molar-refractivity contribution in [1.29, 1.82) is 0 Å². The highest BCUT2D eigenvalue weighted by Crippen LogP contribution is 2.43. The van der Waals surface area contributed by atoms with Crippen molar-refractivity contribution in [2.75, 3.05) is 49.6 Å². The normalized spacial score (nSPS) is 22.6. The summed E-state index contributed by atoms with van der Waals surface area (Å²) < 4.78 is 53.2. The molecule has 1 N–H and O–H groups in total. The Labute approximate surface area is 332 Å². The van der Waals surface area contributed by atoms with E-state index in [1.54, 1.807) is 31.3 Å². The van der Waals surface area contributed by atoms with Gasteiger partial charge in [0.1, 0.15) is 41.4 Å². The molecule has 3 aromatic carbocycles. The summed E-state index contributed by atoms with van der Waals surface area (Å²) in [6.45, 7) is 5.49. The van der Waals surface area contributed by atoms with Crippen LogP contribution >= 0.6 is 0 Å². The average molecular weight is 788 g/mol. The van der Waals surface area contributed by atoms with Gasteiger partial charge in [0, 0.05) is 61.5 Å². The number of piperazine rings is 1. The van der Waals surface area contributed by atoms with Crippen molar-refractivity contribution >= 4 is 45.0 Å². The zero-order chi connectivity index (χ0) is 40.5. The molecule has 2 unspecified atom stereocenters. The molecular weight excluding hydrogens is 748 g/mol. The first kappa shape index (κ1) is 37.4. The van der Waals surface area contributed by atoms with E-state index in [2.05, 4.69) is 27.4 Å². The monoisotopic (exact) mass is 787 g/mol. The minimum atomic E-state index is -0.981. The van der Waals surface area contributed by atoms with Crippen LogP contribution in [0.3, 0.4) is 0 Å². The van der Waals surface area contributed by atoms with Crippen molar-refractivity contribution in [3.63, 3.8) is 0 Å². The number of phenols is 1. The molecule has 9 rings (SSSR count). The first-order chi connectivity index (χ1) is 28.0. The average Bonchev–Trinajstić information content (AvgIpc) is 3.85. The quantitative estimate of drug-likeness (QED) is 0.141. The highest BCUT2D eigenvalue weighted by molar-refractivity contribution is 6.04. The molecule has 4 aliphatic heterocycles. The van der Waals surface area contributed by atoms with Gasteiger partial charge in [-0.1, -0.05) is 24.6 Å². The molecule has 0 aliphatic carbocycles. The number of rotatable bonds is 8. The van der Waals surface area contributed by atoms with Gasteiger partial charge in [0.2, 0.25) is 5.91 Å². The van der Waals surface area contributed by atoms with Crippen LogP contribution in [0.25, 0.3) is 32.9 Å². The summed E-state index contributed by atoms with van der Waals surface area (Å²) in [5.74, 6) is 0.539. The summed E-state index contributed by atoms with van der Waals surface area (Å²) >= 11 is 0. The van der Waals surface area contributed by atoms with Gasteiger partial charge in [-0.25, -0.2) is 13.2 Å².